The molecular formula is C44H29N. The number of rotatable bonds is 3. The van der Waals surface area contributed by atoms with Crippen LogP contribution in [0, 0.1) is 0 Å². The molecule has 1 heteroatoms. The quantitative estimate of drug-likeness (QED) is 0.186. The molecule has 0 saturated carbocycles. The zero-order chi connectivity index (χ0) is 29.5. The van der Waals surface area contributed by atoms with Crippen molar-refractivity contribution in [3.63, 3.8) is 0 Å². The van der Waals surface area contributed by atoms with Crippen molar-refractivity contribution in [1.82, 2.24) is 4.57 Å². The summed E-state index contributed by atoms with van der Waals surface area (Å²) in [5.74, 6) is 0. The minimum atomic E-state index is 1.12. The highest BCUT2D eigenvalue weighted by atomic mass is 15.0. The molecule has 1 nitrogen and oxygen atoms in total. The highest BCUT2D eigenvalue weighted by Crippen LogP contribution is 2.47. The minimum absolute atomic E-state index is 1.12. The molecular weight excluding hydrogens is 542 g/mol. The van der Waals surface area contributed by atoms with E-state index < -0.39 is 0 Å². The van der Waals surface area contributed by atoms with Gasteiger partial charge in [-0.25, -0.2) is 0 Å². The second-order valence-electron chi connectivity index (χ2n) is 12.4. The number of fused-ring (bicyclic) bond motifs is 6. The SMILES string of the molecule is C1=Cc2c(cccc2-c2ccc(-c3cc4cccc5c4c4c3cccc4c3c5c4ccccc4n3-c3ccccc3)cc2)CC1. The number of aromatic nitrogens is 1. The van der Waals surface area contributed by atoms with Crippen molar-refractivity contribution >= 4 is 60.2 Å². The molecule has 0 aliphatic heterocycles. The maximum Gasteiger partial charge on any atom is 0.0626 e. The molecule has 1 aromatic heterocycles. The van der Waals surface area contributed by atoms with E-state index in [0.717, 1.165) is 12.8 Å². The molecule has 0 fully saturated rings. The average Bonchev–Trinajstić information content (AvgIpc) is 3.47. The van der Waals surface area contributed by atoms with Gasteiger partial charge in [0.1, 0.15) is 0 Å². The molecule has 0 bridgehead atoms. The molecule has 1 aliphatic carbocycles. The largest absolute Gasteiger partial charge is 0.309 e. The van der Waals surface area contributed by atoms with E-state index in [0.29, 0.717) is 0 Å². The van der Waals surface area contributed by atoms with Gasteiger partial charge in [0, 0.05) is 27.2 Å². The molecule has 1 aliphatic rings. The monoisotopic (exact) mass is 571 g/mol. The van der Waals surface area contributed by atoms with E-state index in [-0.39, 0.29) is 0 Å². The molecule has 0 saturated heterocycles. The Kier molecular flexibility index (Phi) is 5.18. The number of benzene rings is 8. The van der Waals surface area contributed by atoms with Crippen molar-refractivity contribution in [2.24, 2.45) is 0 Å². The minimum Gasteiger partial charge on any atom is -0.309 e. The summed E-state index contributed by atoms with van der Waals surface area (Å²) < 4.78 is 2.47. The van der Waals surface area contributed by atoms with Crippen molar-refractivity contribution in [3.8, 4) is 27.9 Å². The lowest BCUT2D eigenvalue weighted by atomic mass is 9.86. The third kappa shape index (κ3) is 3.50. The van der Waals surface area contributed by atoms with Gasteiger partial charge in [0.05, 0.1) is 11.0 Å². The number of nitrogens with zero attached hydrogens (tertiary/aromatic N) is 1. The lowest BCUT2D eigenvalue weighted by Crippen LogP contribution is -1.96. The number of aryl methyl sites for hydroxylation is 1. The molecule has 0 unspecified atom stereocenters. The van der Waals surface area contributed by atoms with Crippen molar-refractivity contribution in [2.45, 2.75) is 12.8 Å². The zero-order valence-corrected chi connectivity index (χ0v) is 24.8. The normalized spacial score (nSPS) is 13.1. The van der Waals surface area contributed by atoms with Gasteiger partial charge < -0.3 is 4.57 Å². The fourth-order valence-corrected chi connectivity index (χ4v) is 8.06. The van der Waals surface area contributed by atoms with Gasteiger partial charge in [-0.05, 0) is 92.0 Å². The highest BCUT2D eigenvalue weighted by molar-refractivity contribution is 6.39. The van der Waals surface area contributed by atoms with Crippen LogP contribution in [0.4, 0.5) is 0 Å². The summed E-state index contributed by atoms with van der Waals surface area (Å²) in [5, 5.41) is 10.5. The predicted molar refractivity (Wildman–Crippen MR) is 193 cm³/mol. The second-order valence-corrected chi connectivity index (χ2v) is 12.4. The van der Waals surface area contributed by atoms with Gasteiger partial charge in [-0.15, -0.1) is 0 Å². The first-order valence-corrected chi connectivity index (χ1v) is 15.9. The average molecular weight is 572 g/mol. The molecule has 0 atom stereocenters. The molecule has 0 spiro atoms. The second kappa shape index (κ2) is 9.42. The third-order valence-corrected chi connectivity index (χ3v) is 9.98. The molecule has 10 rings (SSSR count). The Morgan fingerprint density at radius 2 is 1.20 bits per heavy atom. The topological polar surface area (TPSA) is 4.93 Å². The van der Waals surface area contributed by atoms with Crippen LogP contribution in [0.5, 0.6) is 0 Å². The fraction of sp³-hybridized carbons (Fsp3) is 0.0455. The Balaban J connectivity index is 1.27. The Bertz CT molecular complexity index is 2620. The number of hydrogen-bond donors (Lipinski definition) is 0. The summed E-state index contributed by atoms with van der Waals surface area (Å²) in [7, 11) is 0. The van der Waals surface area contributed by atoms with Gasteiger partial charge >= 0.3 is 0 Å². The third-order valence-electron chi connectivity index (χ3n) is 9.98. The van der Waals surface area contributed by atoms with E-state index in [4.69, 9.17) is 0 Å². The maximum absolute atomic E-state index is 2.47. The molecule has 8 aromatic carbocycles. The summed E-state index contributed by atoms with van der Waals surface area (Å²) in [6.07, 6.45) is 6.86. The summed E-state index contributed by atoms with van der Waals surface area (Å²) in [6, 6.07) is 51.8. The van der Waals surface area contributed by atoms with Crippen LogP contribution in [0.15, 0.2) is 146 Å². The Morgan fingerprint density at radius 3 is 2.09 bits per heavy atom. The molecule has 9 aromatic rings. The van der Waals surface area contributed by atoms with Gasteiger partial charge in [0.2, 0.25) is 0 Å². The van der Waals surface area contributed by atoms with Crippen LogP contribution in [0.1, 0.15) is 17.5 Å². The van der Waals surface area contributed by atoms with Crippen LogP contribution in [-0.4, -0.2) is 4.57 Å². The van der Waals surface area contributed by atoms with Crippen LogP contribution in [0.2, 0.25) is 0 Å². The molecule has 0 radical (unpaired) electrons. The molecule has 0 N–H and O–H groups in total. The van der Waals surface area contributed by atoms with E-state index in [1.807, 2.05) is 0 Å². The zero-order valence-electron chi connectivity index (χ0n) is 24.8. The number of hydrogen-bond acceptors (Lipinski definition) is 0. The first-order chi connectivity index (χ1) is 22.3. The predicted octanol–water partition coefficient (Wildman–Crippen LogP) is 12.0. The van der Waals surface area contributed by atoms with Crippen molar-refractivity contribution in [1.29, 1.82) is 0 Å². The van der Waals surface area contributed by atoms with Crippen molar-refractivity contribution in [2.75, 3.05) is 0 Å². The molecule has 210 valence electrons. The first-order valence-electron chi connectivity index (χ1n) is 15.9. The van der Waals surface area contributed by atoms with Crippen LogP contribution in [0.3, 0.4) is 0 Å². The van der Waals surface area contributed by atoms with E-state index in [1.165, 1.54) is 93.2 Å². The van der Waals surface area contributed by atoms with Gasteiger partial charge in [-0.3, -0.25) is 0 Å². The Morgan fingerprint density at radius 1 is 0.489 bits per heavy atom. The van der Waals surface area contributed by atoms with Crippen molar-refractivity contribution in [3.05, 3.63) is 157 Å². The van der Waals surface area contributed by atoms with E-state index in [9.17, 15) is 0 Å². The molecule has 1 heterocycles. The van der Waals surface area contributed by atoms with Crippen LogP contribution >= 0.6 is 0 Å². The summed E-state index contributed by atoms with van der Waals surface area (Å²) >= 11 is 0. The lowest BCUT2D eigenvalue weighted by molar-refractivity contribution is 0.986. The van der Waals surface area contributed by atoms with Crippen LogP contribution in [-0.2, 0) is 6.42 Å². The van der Waals surface area contributed by atoms with E-state index >= 15 is 0 Å². The molecule has 0 amide bonds. The van der Waals surface area contributed by atoms with Crippen molar-refractivity contribution < 1.29 is 0 Å². The summed E-state index contributed by atoms with van der Waals surface area (Å²) in [5.41, 5.74) is 11.6. The Hall–Kier alpha value is -5.66. The molecule has 45 heavy (non-hydrogen) atoms. The fourth-order valence-electron chi connectivity index (χ4n) is 8.06. The summed E-state index contributed by atoms with van der Waals surface area (Å²) in [6.45, 7) is 0. The van der Waals surface area contributed by atoms with Crippen LogP contribution < -0.4 is 0 Å². The maximum atomic E-state index is 2.47. The van der Waals surface area contributed by atoms with E-state index in [2.05, 4.69) is 156 Å². The van der Waals surface area contributed by atoms with Crippen LogP contribution in [0.25, 0.3) is 88.1 Å². The van der Waals surface area contributed by atoms with Gasteiger partial charge in [-0.1, -0.05) is 127 Å². The van der Waals surface area contributed by atoms with E-state index in [1.54, 1.807) is 0 Å². The standard InChI is InChI=1S/C44H29N/c1-2-14-32(15-3-1)45-40-22-7-6-17-36(40)43-37-20-9-13-31-27-39(35-19-10-21-38(44(43)45)42(35)41(31)37)30-25-23-29(24-26-30)34-18-8-12-28-11-4-5-16-33(28)34/h1-3,5-10,12-27H,4,11H2. The number of para-hydroxylation sites is 2. The summed E-state index contributed by atoms with van der Waals surface area (Å²) in [4.78, 5) is 0. The van der Waals surface area contributed by atoms with Gasteiger partial charge in [-0.2, -0.15) is 0 Å². The lowest BCUT2D eigenvalue weighted by Gasteiger charge is -2.18. The van der Waals surface area contributed by atoms with Gasteiger partial charge in [0.25, 0.3) is 0 Å². The smallest absolute Gasteiger partial charge is 0.0626 e. The van der Waals surface area contributed by atoms with Gasteiger partial charge in [0.15, 0.2) is 0 Å². The highest BCUT2D eigenvalue weighted by Gasteiger charge is 2.22. The first kappa shape index (κ1) is 24.7. The number of allylic oxidation sites excluding steroid dienone is 1. The Labute approximate surface area is 261 Å².